The molecule has 0 atom stereocenters. The first kappa shape index (κ1) is 39.1. The van der Waals surface area contributed by atoms with Gasteiger partial charge in [0.15, 0.2) is 0 Å². The van der Waals surface area contributed by atoms with Crippen LogP contribution in [0.1, 0.15) is 106 Å². The lowest BCUT2D eigenvalue weighted by Gasteiger charge is -2.32. The van der Waals surface area contributed by atoms with Gasteiger partial charge in [-0.05, 0) is 168 Å². The Morgan fingerprint density at radius 2 is 1.00 bits per heavy atom. The number of carbonyl (C=O) groups is 2. The molecule has 2 aliphatic rings. The Balaban J connectivity index is 0.000000172. The smallest absolute Gasteiger partial charge is 0.248 e. The van der Waals surface area contributed by atoms with E-state index in [0.717, 1.165) is 47.5 Å². The van der Waals surface area contributed by atoms with Crippen molar-refractivity contribution >= 4 is 33.6 Å². The van der Waals surface area contributed by atoms with E-state index in [1.165, 1.54) is 112 Å². The van der Waals surface area contributed by atoms with Gasteiger partial charge in [-0.25, -0.2) is 0 Å². The van der Waals surface area contributed by atoms with Crippen LogP contribution in [0, 0.1) is 0 Å². The van der Waals surface area contributed by atoms with E-state index in [2.05, 4.69) is 92.8 Å². The molecule has 0 spiro atoms. The van der Waals surface area contributed by atoms with Gasteiger partial charge in [0.1, 0.15) is 0 Å². The number of fused-ring (bicyclic) bond motifs is 2. The third kappa shape index (κ3) is 10.2. The first-order valence-corrected chi connectivity index (χ1v) is 20.8. The van der Waals surface area contributed by atoms with Crippen LogP contribution in [0.25, 0.3) is 21.8 Å². The molecule has 6 N–H and O–H groups in total. The van der Waals surface area contributed by atoms with Gasteiger partial charge in [0.2, 0.25) is 11.8 Å². The molecule has 8 nitrogen and oxygen atoms in total. The number of hydrogen-bond donors (Lipinski definition) is 4. The number of carbonyl (C=O) groups excluding carboxylic acids is 2. The van der Waals surface area contributed by atoms with Gasteiger partial charge in [-0.2, -0.15) is 0 Å². The van der Waals surface area contributed by atoms with E-state index >= 15 is 0 Å². The topological polar surface area (TPSA) is 124 Å². The van der Waals surface area contributed by atoms with Gasteiger partial charge >= 0.3 is 0 Å². The van der Waals surface area contributed by atoms with Crippen molar-refractivity contribution in [2.75, 3.05) is 39.3 Å². The summed E-state index contributed by atoms with van der Waals surface area (Å²) >= 11 is 0. The number of aromatic amines is 2. The number of piperidine rings is 2. The normalized spacial score (nSPS) is 15.9. The Morgan fingerprint density at radius 3 is 1.52 bits per heavy atom. The Hall–Kier alpha value is -5.18. The molecule has 0 radical (unpaired) electrons. The minimum Gasteiger partial charge on any atom is -0.366 e. The van der Waals surface area contributed by atoms with Crippen LogP contribution in [0.5, 0.6) is 0 Å². The van der Waals surface area contributed by atoms with Gasteiger partial charge in [0.05, 0.1) is 0 Å². The first-order chi connectivity index (χ1) is 27.4. The van der Waals surface area contributed by atoms with Crippen LogP contribution >= 0.6 is 0 Å². The second-order valence-corrected chi connectivity index (χ2v) is 15.8. The molecule has 0 bridgehead atoms. The summed E-state index contributed by atoms with van der Waals surface area (Å²) in [5, 5.41) is 2.33. The summed E-state index contributed by atoms with van der Waals surface area (Å²) in [7, 11) is 0. The predicted octanol–water partition coefficient (Wildman–Crippen LogP) is 8.94. The highest BCUT2D eigenvalue weighted by Gasteiger charge is 2.21. The molecule has 2 aliphatic heterocycles. The van der Waals surface area contributed by atoms with E-state index in [1.54, 1.807) is 6.07 Å². The summed E-state index contributed by atoms with van der Waals surface area (Å²) in [6, 6.07) is 33.2. The minimum atomic E-state index is -0.380. The zero-order valence-electron chi connectivity index (χ0n) is 32.7. The molecule has 2 amide bonds. The molecule has 4 aromatic carbocycles. The number of aryl methyl sites for hydroxylation is 2. The molecule has 292 valence electrons. The number of aromatic nitrogens is 2. The van der Waals surface area contributed by atoms with Crippen LogP contribution in [-0.4, -0.2) is 70.9 Å². The molecule has 2 aromatic heterocycles. The molecule has 2 saturated heterocycles. The maximum Gasteiger partial charge on any atom is 0.248 e. The zero-order chi connectivity index (χ0) is 38.7. The van der Waals surface area contributed by atoms with Crippen LogP contribution in [0.15, 0.2) is 109 Å². The summed E-state index contributed by atoms with van der Waals surface area (Å²) in [6.45, 7) is 7.19. The van der Waals surface area contributed by atoms with Gasteiger partial charge in [-0.1, -0.05) is 66.7 Å². The molecule has 0 unspecified atom stereocenters. The van der Waals surface area contributed by atoms with Crippen molar-refractivity contribution in [3.05, 3.63) is 143 Å². The van der Waals surface area contributed by atoms with Crippen molar-refractivity contribution < 1.29 is 9.59 Å². The van der Waals surface area contributed by atoms with Crippen LogP contribution in [0.3, 0.4) is 0 Å². The van der Waals surface area contributed by atoms with E-state index in [9.17, 15) is 9.59 Å². The van der Waals surface area contributed by atoms with Gasteiger partial charge in [0.25, 0.3) is 0 Å². The molecule has 0 saturated carbocycles. The number of hydrogen-bond acceptors (Lipinski definition) is 4. The molecule has 2 fully saturated rings. The largest absolute Gasteiger partial charge is 0.366 e. The number of rotatable bonds is 14. The monoisotopic (exact) mass is 750 g/mol. The van der Waals surface area contributed by atoms with Crippen LogP contribution in [0.4, 0.5) is 0 Å². The van der Waals surface area contributed by atoms with Gasteiger partial charge < -0.3 is 31.2 Å². The lowest BCUT2D eigenvalue weighted by molar-refractivity contribution is 0.0992. The molecule has 6 aromatic rings. The van der Waals surface area contributed by atoms with E-state index in [0.29, 0.717) is 11.1 Å². The van der Waals surface area contributed by atoms with Crippen molar-refractivity contribution in [3.8, 4) is 0 Å². The third-order valence-corrected chi connectivity index (χ3v) is 12.2. The second kappa shape index (κ2) is 19.1. The number of benzene rings is 4. The Morgan fingerprint density at radius 1 is 0.536 bits per heavy atom. The molecular weight excluding hydrogens is 693 g/mol. The Labute approximate surface area is 331 Å². The van der Waals surface area contributed by atoms with E-state index in [-0.39, 0.29) is 11.8 Å². The summed E-state index contributed by atoms with van der Waals surface area (Å²) in [6.07, 6.45) is 16.1. The summed E-state index contributed by atoms with van der Waals surface area (Å²) in [4.78, 5) is 34.6. The Bertz CT molecular complexity index is 2160. The summed E-state index contributed by atoms with van der Waals surface area (Å²) in [5.41, 5.74) is 19.6. The van der Waals surface area contributed by atoms with Crippen molar-refractivity contribution in [3.63, 3.8) is 0 Å². The number of amides is 2. The zero-order valence-corrected chi connectivity index (χ0v) is 32.7. The summed E-state index contributed by atoms with van der Waals surface area (Å²) in [5.74, 6) is 0.708. The number of nitrogens with one attached hydrogen (secondary N) is 2. The Kier molecular flexibility index (Phi) is 13.3. The highest BCUT2D eigenvalue weighted by molar-refractivity contribution is 5.98. The van der Waals surface area contributed by atoms with E-state index in [4.69, 9.17) is 11.5 Å². The average molecular weight is 751 g/mol. The molecule has 8 rings (SSSR count). The van der Waals surface area contributed by atoms with Crippen molar-refractivity contribution in [2.45, 2.75) is 76.0 Å². The van der Waals surface area contributed by atoms with Gasteiger partial charge in [0, 0.05) is 45.3 Å². The fourth-order valence-corrected chi connectivity index (χ4v) is 8.82. The lowest BCUT2D eigenvalue weighted by atomic mass is 9.89. The number of primary amides is 2. The summed E-state index contributed by atoms with van der Waals surface area (Å²) < 4.78 is 0. The quantitative estimate of drug-likeness (QED) is 0.0830. The number of unbranched alkanes of at least 4 members (excludes halogenated alkanes) is 2. The molecule has 0 aliphatic carbocycles. The molecule has 8 heteroatoms. The van der Waals surface area contributed by atoms with E-state index in [1.807, 2.05) is 30.3 Å². The number of nitrogens with two attached hydrogens (primary N) is 2. The van der Waals surface area contributed by atoms with Crippen LogP contribution in [-0.2, 0) is 12.8 Å². The van der Waals surface area contributed by atoms with Crippen LogP contribution in [0.2, 0.25) is 0 Å². The molecule has 56 heavy (non-hydrogen) atoms. The number of H-pyrrole nitrogens is 2. The minimum absolute atomic E-state index is 0.368. The average Bonchev–Trinajstić information content (AvgIpc) is 3.85. The number of likely N-dealkylation sites (tertiary alicyclic amines) is 2. The fourth-order valence-electron chi connectivity index (χ4n) is 8.82. The highest BCUT2D eigenvalue weighted by Crippen LogP contribution is 2.30. The van der Waals surface area contributed by atoms with Crippen molar-refractivity contribution in [1.29, 1.82) is 0 Å². The predicted molar refractivity (Wildman–Crippen MR) is 229 cm³/mol. The lowest BCUT2D eigenvalue weighted by Crippen LogP contribution is -2.33. The van der Waals surface area contributed by atoms with Crippen molar-refractivity contribution in [2.24, 2.45) is 11.5 Å². The second-order valence-electron chi connectivity index (χ2n) is 15.8. The standard InChI is InChI=1S/2C24H29N3O/c25-24(28)20-9-10-23-22(16-20)21(17-26-23)8-4-5-13-27-14-11-19(12-15-27)18-6-2-1-3-7-18;25-24(28)20-9-10-22-21(17-26-23(22)16-20)8-4-5-13-27-14-11-19(12-15-27)18-6-2-1-3-7-18/h2*1-3,6-7,9-10,16-17,19,26H,4-5,8,11-15H2,(H2,25,28). The van der Waals surface area contributed by atoms with Gasteiger partial charge in [-0.15, -0.1) is 0 Å². The SMILES string of the molecule is NC(=O)c1ccc2[nH]cc(CCCCN3CCC(c4ccccc4)CC3)c2c1.NC(=O)c1ccc2c(CCCCN3CCC(c4ccccc4)CC3)c[nH]c2c1. The maximum absolute atomic E-state index is 11.4. The number of nitrogens with zero attached hydrogens (tertiary/aromatic N) is 2. The molecular formula is C48H58N6O2. The van der Waals surface area contributed by atoms with Crippen molar-refractivity contribution in [1.82, 2.24) is 19.8 Å². The fraction of sp³-hybridized carbons (Fsp3) is 0.375. The van der Waals surface area contributed by atoms with E-state index < -0.39 is 0 Å². The third-order valence-electron chi connectivity index (χ3n) is 12.2. The van der Waals surface area contributed by atoms with Gasteiger partial charge in [-0.3, -0.25) is 9.59 Å². The highest BCUT2D eigenvalue weighted by atomic mass is 16.1. The first-order valence-electron chi connectivity index (χ1n) is 20.8. The maximum atomic E-state index is 11.4. The van der Waals surface area contributed by atoms with Crippen LogP contribution < -0.4 is 11.5 Å². The molecule has 4 heterocycles.